The van der Waals surface area contributed by atoms with Gasteiger partial charge in [-0.3, -0.25) is 5.32 Å². The maximum absolute atomic E-state index is 5.88. The first-order valence-corrected chi connectivity index (χ1v) is 8.98. The highest BCUT2D eigenvalue weighted by atomic mass is 35.5. The van der Waals surface area contributed by atoms with Crippen molar-refractivity contribution in [3.63, 3.8) is 0 Å². The number of nitrogens with zero attached hydrogens (tertiary/aromatic N) is 3. The molecule has 23 heavy (non-hydrogen) atoms. The van der Waals surface area contributed by atoms with E-state index in [1.165, 1.54) is 11.3 Å². The average molecular weight is 356 g/mol. The van der Waals surface area contributed by atoms with Crippen LogP contribution in [-0.2, 0) is 4.74 Å². The van der Waals surface area contributed by atoms with E-state index in [2.05, 4.69) is 25.6 Å². The number of aromatic nitrogens is 2. The number of piperidine rings is 1. The Morgan fingerprint density at radius 1 is 1.43 bits per heavy atom. The first-order valence-electron chi connectivity index (χ1n) is 7.79. The van der Waals surface area contributed by atoms with Crippen molar-refractivity contribution in [2.45, 2.75) is 32.8 Å². The first kappa shape index (κ1) is 17.9. The fourth-order valence-corrected chi connectivity index (χ4v) is 3.18. The van der Waals surface area contributed by atoms with Gasteiger partial charge in [-0.1, -0.05) is 36.8 Å². The van der Waals surface area contributed by atoms with Crippen LogP contribution in [0.15, 0.2) is 17.1 Å². The molecule has 2 N–H and O–H groups in total. The Labute approximate surface area is 145 Å². The van der Waals surface area contributed by atoms with Gasteiger partial charge in [-0.2, -0.15) is 0 Å². The summed E-state index contributed by atoms with van der Waals surface area (Å²) in [5.74, 6) is 0. The number of rotatable bonds is 2. The van der Waals surface area contributed by atoms with Crippen LogP contribution in [0.2, 0.25) is 5.15 Å². The summed E-state index contributed by atoms with van der Waals surface area (Å²) >= 11 is 7.30. The number of halogens is 1. The van der Waals surface area contributed by atoms with Gasteiger partial charge in [0.05, 0.1) is 0 Å². The molecule has 2 aromatic rings. The molecular formula is C15H22ClN5OS. The van der Waals surface area contributed by atoms with E-state index in [0.717, 1.165) is 36.3 Å². The van der Waals surface area contributed by atoms with Gasteiger partial charge in [0.15, 0.2) is 5.13 Å². The summed E-state index contributed by atoms with van der Waals surface area (Å²) in [6.45, 7) is 5.90. The topological polar surface area (TPSA) is 71.4 Å². The third-order valence-corrected chi connectivity index (χ3v) is 4.26. The lowest BCUT2D eigenvalue weighted by atomic mass is 10.1. The van der Waals surface area contributed by atoms with E-state index in [-0.39, 0.29) is 6.10 Å². The molecule has 1 aliphatic heterocycles. The van der Waals surface area contributed by atoms with Gasteiger partial charge in [-0.25, -0.2) is 15.0 Å². The van der Waals surface area contributed by atoms with E-state index in [1.807, 2.05) is 19.9 Å². The van der Waals surface area contributed by atoms with E-state index in [1.54, 1.807) is 13.1 Å². The normalized spacial score (nSPS) is 18.3. The molecule has 0 aliphatic carbocycles. The van der Waals surface area contributed by atoms with Crippen LogP contribution in [0.25, 0.3) is 10.3 Å². The summed E-state index contributed by atoms with van der Waals surface area (Å²) in [7, 11) is 1.70. The third-order valence-electron chi connectivity index (χ3n) is 3.17. The number of thiazole rings is 1. The van der Waals surface area contributed by atoms with Gasteiger partial charge < -0.3 is 10.1 Å². The van der Waals surface area contributed by atoms with Crippen LogP contribution in [0.5, 0.6) is 0 Å². The highest BCUT2D eigenvalue weighted by molar-refractivity contribution is 7.22. The number of anilines is 1. The highest BCUT2D eigenvalue weighted by Crippen LogP contribution is 2.25. The van der Waals surface area contributed by atoms with Crippen LogP contribution in [0.1, 0.15) is 26.7 Å². The summed E-state index contributed by atoms with van der Waals surface area (Å²) in [5, 5.41) is 7.58. The van der Waals surface area contributed by atoms with Crippen LogP contribution >= 0.6 is 22.9 Å². The van der Waals surface area contributed by atoms with Crippen molar-refractivity contribution in [3.8, 4) is 0 Å². The minimum absolute atomic E-state index is 0.145. The van der Waals surface area contributed by atoms with Gasteiger partial charge in [0.25, 0.3) is 6.02 Å². The second kappa shape index (κ2) is 9.00. The van der Waals surface area contributed by atoms with Gasteiger partial charge in [-0.15, -0.1) is 0 Å². The molecule has 1 aliphatic rings. The number of hydrogen-bond acceptors (Lipinski definition) is 6. The molecule has 1 atom stereocenters. The summed E-state index contributed by atoms with van der Waals surface area (Å²) < 4.78 is 5.86. The molecule has 3 heterocycles. The maximum atomic E-state index is 5.88. The number of ether oxygens (including phenoxy) is 1. The number of fused-ring (bicyclic) bond motifs is 1. The Morgan fingerprint density at radius 2 is 2.26 bits per heavy atom. The maximum Gasteiger partial charge on any atom is 0.291 e. The van der Waals surface area contributed by atoms with Crippen molar-refractivity contribution in [3.05, 3.63) is 17.3 Å². The van der Waals surface area contributed by atoms with Crippen molar-refractivity contribution in [1.29, 1.82) is 0 Å². The van der Waals surface area contributed by atoms with Gasteiger partial charge in [-0.05, 0) is 31.5 Å². The minimum Gasteiger partial charge on any atom is -0.460 e. The molecule has 3 rings (SSSR count). The summed E-state index contributed by atoms with van der Waals surface area (Å²) in [5.41, 5.74) is 0.807. The Bertz CT molecular complexity index is 654. The zero-order valence-electron chi connectivity index (χ0n) is 13.6. The number of pyridine rings is 1. The average Bonchev–Trinajstić information content (AvgIpc) is 2.98. The van der Waals surface area contributed by atoms with Crippen LogP contribution in [-0.4, -0.2) is 42.2 Å². The van der Waals surface area contributed by atoms with Crippen molar-refractivity contribution in [2.75, 3.05) is 25.5 Å². The van der Waals surface area contributed by atoms with Crippen LogP contribution in [0.4, 0.5) is 5.13 Å². The van der Waals surface area contributed by atoms with Crippen LogP contribution in [0, 0.1) is 0 Å². The van der Waals surface area contributed by atoms with Gasteiger partial charge in [0.2, 0.25) is 0 Å². The summed E-state index contributed by atoms with van der Waals surface area (Å²) in [6.07, 6.45) is 2.29. The van der Waals surface area contributed by atoms with Crippen molar-refractivity contribution < 1.29 is 4.74 Å². The predicted octanol–water partition coefficient (Wildman–Crippen LogP) is 3.54. The standard InChI is InChI=1S/C13H16ClN5OS.C2H6/c1-15-12(20-8-3-2-6-16-7-8)19-13-17-9-4-5-10(14)18-11(9)21-13;1-2/h4-5,8,16H,2-3,6-7H2,1H3,(H,15,17,19);1-2H3. The number of amidine groups is 1. The highest BCUT2D eigenvalue weighted by Gasteiger charge is 2.17. The van der Waals surface area contributed by atoms with E-state index in [9.17, 15) is 0 Å². The number of hydrogen-bond donors (Lipinski definition) is 2. The molecule has 0 spiro atoms. The molecule has 0 saturated carbocycles. The fourth-order valence-electron chi connectivity index (χ4n) is 2.16. The molecule has 0 amide bonds. The second-order valence-corrected chi connectivity index (χ2v) is 6.08. The Hall–Kier alpha value is -1.44. The van der Waals surface area contributed by atoms with Crippen molar-refractivity contribution in [1.82, 2.24) is 15.3 Å². The Kier molecular flexibility index (Phi) is 7.01. The largest absolute Gasteiger partial charge is 0.460 e. The zero-order chi connectivity index (χ0) is 16.7. The molecule has 1 unspecified atom stereocenters. The van der Waals surface area contributed by atoms with Crippen LogP contribution < -0.4 is 10.6 Å². The SMILES string of the molecule is CC.CN=C(Nc1nc2ccc(Cl)nc2s1)OC1CCCNC1. The molecular weight excluding hydrogens is 334 g/mol. The summed E-state index contributed by atoms with van der Waals surface area (Å²) in [6, 6.07) is 4.06. The molecule has 0 radical (unpaired) electrons. The van der Waals surface area contributed by atoms with E-state index < -0.39 is 0 Å². The molecule has 1 fully saturated rings. The molecule has 6 nitrogen and oxygen atoms in total. The van der Waals surface area contributed by atoms with E-state index in [0.29, 0.717) is 16.3 Å². The van der Waals surface area contributed by atoms with Crippen LogP contribution in [0.3, 0.4) is 0 Å². The van der Waals surface area contributed by atoms with E-state index >= 15 is 0 Å². The second-order valence-electron chi connectivity index (χ2n) is 4.72. The van der Waals surface area contributed by atoms with Gasteiger partial charge in [0, 0.05) is 13.6 Å². The molecule has 1 saturated heterocycles. The quantitative estimate of drug-likeness (QED) is 0.490. The van der Waals surface area contributed by atoms with Crippen molar-refractivity contribution >= 4 is 44.4 Å². The minimum atomic E-state index is 0.145. The lowest BCUT2D eigenvalue weighted by Crippen LogP contribution is -2.38. The third kappa shape index (κ3) is 5.02. The molecule has 0 bridgehead atoms. The summed E-state index contributed by atoms with van der Waals surface area (Å²) in [4.78, 5) is 13.6. The number of aliphatic imine (C=N–C) groups is 1. The Morgan fingerprint density at radius 3 is 2.96 bits per heavy atom. The zero-order valence-corrected chi connectivity index (χ0v) is 15.2. The smallest absolute Gasteiger partial charge is 0.291 e. The molecule has 2 aromatic heterocycles. The molecule has 126 valence electrons. The lowest BCUT2D eigenvalue weighted by molar-refractivity contribution is 0.154. The fraction of sp³-hybridized carbons (Fsp3) is 0.533. The van der Waals surface area contributed by atoms with Gasteiger partial charge >= 0.3 is 0 Å². The first-order chi connectivity index (χ1) is 11.2. The predicted molar refractivity (Wildman–Crippen MR) is 97.7 cm³/mol. The molecule has 8 heteroatoms. The van der Waals surface area contributed by atoms with E-state index in [4.69, 9.17) is 16.3 Å². The Balaban J connectivity index is 0.000000924. The van der Waals surface area contributed by atoms with Gasteiger partial charge in [0.1, 0.15) is 21.6 Å². The molecule has 0 aromatic carbocycles. The lowest BCUT2D eigenvalue weighted by Gasteiger charge is -2.24. The monoisotopic (exact) mass is 355 g/mol. The van der Waals surface area contributed by atoms with Crippen molar-refractivity contribution in [2.24, 2.45) is 4.99 Å². The number of nitrogens with one attached hydrogen (secondary N) is 2.